The van der Waals surface area contributed by atoms with Gasteiger partial charge in [-0.1, -0.05) is 19.3 Å². The number of nitrogens with two attached hydrogens (primary N) is 1. The Morgan fingerprint density at radius 1 is 1.38 bits per heavy atom. The van der Waals surface area contributed by atoms with Crippen molar-refractivity contribution in [3.8, 4) is 0 Å². The first-order valence-electron chi connectivity index (χ1n) is 4.98. The average Bonchev–Trinajstić information content (AvgIpc) is 2.54. The maximum absolute atomic E-state index is 6.32. The van der Waals surface area contributed by atoms with Crippen LogP contribution in [-0.4, -0.2) is 9.55 Å². The molecule has 0 bridgehead atoms. The van der Waals surface area contributed by atoms with Crippen LogP contribution < -0.4 is 5.73 Å². The van der Waals surface area contributed by atoms with Crippen molar-refractivity contribution in [1.82, 2.24) is 9.55 Å². The third-order valence-corrected chi connectivity index (χ3v) is 2.96. The molecule has 1 aliphatic rings. The van der Waals surface area contributed by atoms with Crippen molar-refractivity contribution in [2.45, 2.75) is 37.6 Å². The molecule has 1 aliphatic carbocycles. The van der Waals surface area contributed by atoms with Crippen LogP contribution in [0.3, 0.4) is 0 Å². The molecule has 1 fully saturated rings. The van der Waals surface area contributed by atoms with E-state index in [4.69, 9.17) is 5.73 Å². The summed E-state index contributed by atoms with van der Waals surface area (Å²) in [6, 6.07) is 0. The molecule has 2 rings (SSSR count). The lowest BCUT2D eigenvalue weighted by molar-refractivity contribution is 0.296. The summed E-state index contributed by atoms with van der Waals surface area (Å²) in [5, 5.41) is 0. The highest BCUT2D eigenvalue weighted by Crippen LogP contribution is 2.33. The Morgan fingerprint density at radius 3 is 2.62 bits per heavy atom. The van der Waals surface area contributed by atoms with Gasteiger partial charge in [0, 0.05) is 13.2 Å². The van der Waals surface area contributed by atoms with Crippen molar-refractivity contribution in [2.75, 3.05) is 0 Å². The minimum atomic E-state index is -0.139. The van der Waals surface area contributed by atoms with E-state index in [2.05, 4.69) is 4.98 Å². The molecule has 0 unspecified atom stereocenters. The van der Waals surface area contributed by atoms with Gasteiger partial charge in [-0.05, 0) is 12.8 Å². The molecule has 0 saturated heterocycles. The average molecular weight is 179 g/mol. The molecule has 0 atom stereocenters. The lowest BCUT2D eigenvalue weighted by atomic mass is 9.80. The van der Waals surface area contributed by atoms with Crippen molar-refractivity contribution < 1.29 is 0 Å². The van der Waals surface area contributed by atoms with Gasteiger partial charge in [0.15, 0.2) is 0 Å². The maximum Gasteiger partial charge on any atom is 0.0947 e. The fourth-order valence-electron chi connectivity index (χ4n) is 2.11. The topological polar surface area (TPSA) is 43.8 Å². The number of imidazole rings is 1. The summed E-state index contributed by atoms with van der Waals surface area (Å²) >= 11 is 0. The van der Waals surface area contributed by atoms with Crippen molar-refractivity contribution >= 4 is 0 Å². The molecule has 72 valence electrons. The van der Waals surface area contributed by atoms with E-state index in [1.165, 1.54) is 19.3 Å². The van der Waals surface area contributed by atoms with Crippen LogP contribution in [0.4, 0.5) is 0 Å². The molecule has 1 saturated carbocycles. The van der Waals surface area contributed by atoms with Crippen LogP contribution in [0.15, 0.2) is 12.5 Å². The molecule has 2 N–H and O–H groups in total. The van der Waals surface area contributed by atoms with Crippen LogP contribution in [-0.2, 0) is 12.6 Å². The number of aromatic nitrogens is 2. The molecule has 0 spiro atoms. The van der Waals surface area contributed by atoms with Gasteiger partial charge in [0.05, 0.1) is 17.6 Å². The van der Waals surface area contributed by atoms with E-state index in [1.54, 1.807) is 0 Å². The molecule has 1 heterocycles. The first kappa shape index (κ1) is 8.75. The Morgan fingerprint density at radius 2 is 2.08 bits per heavy atom. The van der Waals surface area contributed by atoms with Gasteiger partial charge in [-0.3, -0.25) is 0 Å². The molecule has 1 aromatic heterocycles. The monoisotopic (exact) mass is 179 g/mol. The van der Waals surface area contributed by atoms with Crippen molar-refractivity contribution in [3.05, 3.63) is 18.2 Å². The van der Waals surface area contributed by atoms with Crippen LogP contribution in [0.25, 0.3) is 0 Å². The smallest absolute Gasteiger partial charge is 0.0947 e. The highest BCUT2D eigenvalue weighted by molar-refractivity contribution is 5.12. The summed E-state index contributed by atoms with van der Waals surface area (Å²) in [6.07, 6.45) is 9.86. The van der Waals surface area contributed by atoms with E-state index < -0.39 is 0 Å². The summed E-state index contributed by atoms with van der Waals surface area (Å²) in [5.41, 5.74) is 7.24. The Labute approximate surface area is 79.0 Å². The SMILES string of the molecule is Cn1cnc(C2(N)CCCCC2)c1. The van der Waals surface area contributed by atoms with Crippen LogP contribution in [0.1, 0.15) is 37.8 Å². The standard InChI is InChI=1S/C10H17N3/c1-13-7-9(12-8-13)10(11)5-3-2-4-6-10/h7-8H,2-6,11H2,1H3. The Bertz CT molecular complexity index is 284. The number of hydrogen-bond donors (Lipinski definition) is 1. The first-order valence-corrected chi connectivity index (χ1v) is 4.98. The molecular formula is C10H17N3. The fraction of sp³-hybridized carbons (Fsp3) is 0.700. The van der Waals surface area contributed by atoms with Crippen molar-refractivity contribution in [2.24, 2.45) is 12.8 Å². The number of hydrogen-bond acceptors (Lipinski definition) is 2. The lowest BCUT2D eigenvalue weighted by Gasteiger charge is -2.31. The minimum Gasteiger partial charge on any atom is -0.340 e. The van der Waals surface area contributed by atoms with E-state index in [-0.39, 0.29) is 5.54 Å². The minimum absolute atomic E-state index is 0.139. The normalized spacial score (nSPS) is 21.7. The Hall–Kier alpha value is -0.830. The number of aryl methyl sites for hydroxylation is 1. The molecule has 1 aromatic rings. The highest BCUT2D eigenvalue weighted by Gasteiger charge is 2.31. The van der Waals surface area contributed by atoms with Gasteiger partial charge in [0.25, 0.3) is 0 Å². The maximum atomic E-state index is 6.32. The van der Waals surface area contributed by atoms with Crippen molar-refractivity contribution in [3.63, 3.8) is 0 Å². The largest absolute Gasteiger partial charge is 0.340 e. The van der Waals surface area contributed by atoms with Gasteiger partial charge in [-0.25, -0.2) is 4.98 Å². The third-order valence-electron chi connectivity index (χ3n) is 2.96. The predicted molar refractivity (Wildman–Crippen MR) is 52.2 cm³/mol. The Balaban J connectivity index is 2.22. The lowest BCUT2D eigenvalue weighted by Crippen LogP contribution is -2.38. The summed E-state index contributed by atoms with van der Waals surface area (Å²) in [7, 11) is 1.99. The van der Waals surface area contributed by atoms with E-state index >= 15 is 0 Å². The summed E-state index contributed by atoms with van der Waals surface area (Å²) < 4.78 is 1.97. The van der Waals surface area contributed by atoms with Gasteiger partial charge in [-0.15, -0.1) is 0 Å². The molecule has 3 nitrogen and oxygen atoms in total. The van der Waals surface area contributed by atoms with Gasteiger partial charge >= 0.3 is 0 Å². The van der Waals surface area contributed by atoms with Gasteiger partial charge in [0.1, 0.15) is 0 Å². The molecule has 13 heavy (non-hydrogen) atoms. The van der Waals surface area contributed by atoms with E-state index in [1.807, 2.05) is 24.1 Å². The van der Waals surface area contributed by atoms with Crippen molar-refractivity contribution in [1.29, 1.82) is 0 Å². The predicted octanol–water partition coefficient (Wildman–Crippen LogP) is 1.54. The van der Waals surface area contributed by atoms with Crippen LogP contribution in [0.2, 0.25) is 0 Å². The molecule has 0 aromatic carbocycles. The second-order valence-electron chi connectivity index (χ2n) is 4.14. The first-order chi connectivity index (χ1) is 6.21. The zero-order chi connectivity index (χ0) is 9.31. The van der Waals surface area contributed by atoms with Gasteiger partial charge in [0.2, 0.25) is 0 Å². The summed E-state index contributed by atoms with van der Waals surface area (Å²) in [5.74, 6) is 0. The second-order valence-corrected chi connectivity index (χ2v) is 4.14. The zero-order valence-corrected chi connectivity index (χ0v) is 8.16. The molecular weight excluding hydrogens is 162 g/mol. The number of rotatable bonds is 1. The Kier molecular flexibility index (Phi) is 2.12. The highest BCUT2D eigenvalue weighted by atomic mass is 15.0. The zero-order valence-electron chi connectivity index (χ0n) is 8.16. The molecule has 0 aliphatic heterocycles. The third kappa shape index (κ3) is 1.61. The second kappa shape index (κ2) is 3.14. The molecule has 3 heteroatoms. The van der Waals surface area contributed by atoms with Gasteiger partial charge in [-0.2, -0.15) is 0 Å². The molecule has 0 amide bonds. The van der Waals surface area contributed by atoms with E-state index in [0.29, 0.717) is 0 Å². The fourth-order valence-corrected chi connectivity index (χ4v) is 2.11. The number of nitrogens with zero attached hydrogens (tertiary/aromatic N) is 2. The van der Waals surface area contributed by atoms with Gasteiger partial charge < -0.3 is 10.3 Å². The van der Waals surface area contributed by atoms with Crippen LogP contribution in [0, 0.1) is 0 Å². The van der Waals surface area contributed by atoms with E-state index in [0.717, 1.165) is 18.5 Å². The van der Waals surface area contributed by atoms with Crippen LogP contribution in [0.5, 0.6) is 0 Å². The summed E-state index contributed by atoms with van der Waals surface area (Å²) in [4.78, 5) is 4.35. The summed E-state index contributed by atoms with van der Waals surface area (Å²) in [6.45, 7) is 0. The molecule has 0 radical (unpaired) electrons. The quantitative estimate of drug-likeness (QED) is 0.710. The van der Waals surface area contributed by atoms with Crippen LogP contribution >= 0.6 is 0 Å². The van der Waals surface area contributed by atoms with E-state index in [9.17, 15) is 0 Å².